The summed E-state index contributed by atoms with van der Waals surface area (Å²) in [6, 6.07) is 3.27. The summed E-state index contributed by atoms with van der Waals surface area (Å²) in [4.78, 5) is 11.3. The third-order valence-electron chi connectivity index (χ3n) is 1.89. The molecule has 1 heterocycles. The van der Waals surface area contributed by atoms with Gasteiger partial charge in [0.25, 0.3) is 0 Å². The van der Waals surface area contributed by atoms with E-state index in [4.69, 9.17) is 9.15 Å². The van der Waals surface area contributed by atoms with Crippen LogP contribution in [0.25, 0.3) is 0 Å². The van der Waals surface area contributed by atoms with Crippen LogP contribution in [0, 0.1) is 6.92 Å². The molecule has 0 aliphatic heterocycles. The molecule has 1 aromatic heterocycles. The molecule has 1 aromatic rings. The van der Waals surface area contributed by atoms with E-state index in [2.05, 4.69) is 0 Å². The van der Waals surface area contributed by atoms with E-state index in [1.807, 2.05) is 0 Å². The molecule has 4 nitrogen and oxygen atoms in total. The molecule has 1 rings (SSSR count). The number of hydrogen-bond donors (Lipinski definition) is 1. The van der Waals surface area contributed by atoms with Crippen molar-refractivity contribution in [2.24, 2.45) is 0 Å². The highest BCUT2D eigenvalue weighted by Crippen LogP contribution is 2.10. The Morgan fingerprint density at radius 2 is 2.20 bits per heavy atom. The monoisotopic (exact) mass is 212 g/mol. The van der Waals surface area contributed by atoms with Gasteiger partial charge >= 0.3 is 5.97 Å². The number of hydrogen-bond acceptors (Lipinski definition) is 4. The molecule has 0 aliphatic rings. The molecule has 84 valence electrons. The van der Waals surface area contributed by atoms with Gasteiger partial charge in [-0.05, 0) is 32.9 Å². The smallest absolute Gasteiger partial charge is 0.374 e. The zero-order valence-corrected chi connectivity index (χ0v) is 9.24. The number of furan rings is 1. The lowest BCUT2D eigenvalue weighted by Crippen LogP contribution is -2.22. The summed E-state index contributed by atoms with van der Waals surface area (Å²) in [5, 5.41) is 9.39. The Labute approximate surface area is 88.8 Å². The van der Waals surface area contributed by atoms with Gasteiger partial charge in [-0.1, -0.05) is 0 Å². The molecule has 0 saturated heterocycles. The summed E-state index contributed by atoms with van der Waals surface area (Å²) >= 11 is 0. The highest BCUT2D eigenvalue weighted by molar-refractivity contribution is 5.86. The van der Waals surface area contributed by atoms with Crippen molar-refractivity contribution in [3.05, 3.63) is 23.7 Å². The highest BCUT2D eigenvalue weighted by Gasteiger charge is 2.15. The average molecular weight is 212 g/mol. The average Bonchev–Trinajstić information content (AvgIpc) is 2.49. The lowest BCUT2D eigenvalue weighted by Gasteiger charge is -2.15. The Kier molecular flexibility index (Phi) is 3.52. The van der Waals surface area contributed by atoms with Crippen molar-refractivity contribution in [1.29, 1.82) is 0 Å². The van der Waals surface area contributed by atoms with Gasteiger partial charge in [-0.15, -0.1) is 0 Å². The molecule has 0 atom stereocenters. The van der Waals surface area contributed by atoms with E-state index in [0.29, 0.717) is 12.2 Å². The third-order valence-corrected chi connectivity index (χ3v) is 1.89. The van der Waals surface area contributed by atoms with E-state index in [0.717, 1.165) is 0 Å². The molecule has 4 heteroatoms. The fourth-order valence-electron chi connectivity index (χ4n) is 1.01. The fourth-order valence-corrected chi connectivity index (χ4v) is 1.01. The molecule has 1 N–H and O–H groups in total. The van der Waals surface area contributed by atoms with Crippen molar-refractivity contribution < 1.29 is 19.1 Å². The molecule has 0 spiro atoms. The molecule has 15 heavy (non-hydrogen) atoms. The maximum absolute atomic E-state index is 11.3. The molecule has 0 aliphatic carbocycles. The first-order valence-electron chi connectivity index (χ1n) is 4.84. The van der Waals surface area contributed by atoms with Crippen LogP contribution in [0.2, 0.25) is 0 Å². The van der Waals surface area contributed by atoms with Crippen LogP contribution in [0.3, 0.4) is 0 Å². The van der Waals surface area contributed by atoms with Gasteiger partial charge in [0.05, 0.1) is 12.2 Å². The van der Waals surface area contributed by atoms with Crippen molar-refractivity contribution in [3.63, 3.8) is 0 Å². The van der Waals surface area contributed by atoms with Crippen molar-refractivity contribution in [2.45, 2.75) is 32.8 Å². The van der Waals surface area contributed by atoms with Gasteiger partial charge < -0.3 is 14.3 Å². The molecular weight excluding hydrogens is 196 g/mol. The van der Waals surface area contributed by atoms with Crippen LogP contribution in [0.15, 0.2) is 16.5 Å². The second kappa shape index (κ2) is 4.49. The van der Waals surface area contributed by atoms with Crippen molar-refractivity contribution in [3.8, 4) is 0 Å². The topological polar surface area (TPSA) is 59.7 Å². The van der Waals surface area contributed by atoms with E-state index < -0.39 is 11.6 Å². The summed E-state index contributed by atoms with van der Waals surface area (Å²) in [7, 11) is 0. The molecule has 0 bridgehead atoms. The van der Waals surface area contributed by atoms with E-state index in [1.165, 1.54) is 0 Å². The van der Waals surface area contributed by atoms with Gasteiger partial charge in [-0.3, -0.25) is 0 Å². The number of ether oxygens (including phenoxy) is 1. The summed E-state index contributed by atoms with van der Waals surface area (Å²) < 4.78 is 10.0. The van der Waals surface area contributed by atoms with E-state index in [-0.39, 0.29) is 12.4 Å². The maximum atomic E-state index is 11.3. The summed E-state index contributed by atoms with van der Waals surface area (Å²) in [6.07, 6.45) is 0.401. The van der Waals surface area contributed by atoms with Crippen LogP contribution in [-0.4, -0.2) is 23.3 Å². The van der Waals surface area contributed by atoms with Gasteiger partial charge in [0, 0.05) is 6.42 Å². The van der Waals surface area contributed by atoms with Crippen LogP contribution < -0.4 is 0 Å². The molecule has 0 unspecified atom stereocenters. The second-order valence-corrected chi connectivity index (χ2v) is 4.11. The predicted octanol–water partition coefficient (Wildman–Crippen LogP) is 1.91. The van der Waals surface area contributed by atoms with Gasteiger partial charge in [-0.2, -0.15) is 0 Å². The van der Waals surface area contributed by atoms with E-state index in [9.17, 15) is 9.90 Å². The first-order chi connectivity index (χ1) is 6.88. The van der Waals surface area contributed by atoms with Crippen LogP contribution >= 0.6 is 0 Å². The number of carbonyl (C=O) groups is 1. The standard InChI is InChI=1S/C11H16O4/c1-8-4-5-9(15-8)10(12)14-7-6-11(2,3)13/h4-5,13H,6-7H2,1-3H3. The first-order valence-corrected chi connectivity index (χ1v) is 4.84. The largest absolute Gasteiger partial charge is 0.460 e. The number of carbonyl (C=O) groups excluding carboxylic acids is 1. The molecular formula is C11H16O4. The minimum absolute atomic E-state index is 0.183. The van der Waals surface area contributed by atoms with Gasteiger partial charge in [0.2, 0.25) is 5.76 Å². The summed E-state index contributed by atoms with van der Waals surface area (Å²) in [5.74, 6) is 0.375. The minimum Gasteiger partial charge on any atom is -0.460 e. The zero-order chi connectivity index (χ0) is 11.5. The van der Waals surface area contributed by atoms with E-state index >= 15 is 0 Å². The number of aryl methyl sites for hydroxylation is 1. The normalized spacial score (nSPS) is 11.5. The Morgan fingerprint density at radius 1 is 1.53 bits per heavy atom. The predicted molar refractivity (Wildman–Crippen MR) is 54.6 cm³/mol. The van der Waals surface area contributed by atoms with Crippen molar-refractivity contribution >= 4 is 5.97 Å². The fraction of sp³-hybridized carbons (Fsp3) is 0.545. The first kappa shape index (κ1) is 11.8. The minimum atomic E-state index is -0.820. The third kappa shape index (κ3) is 4.16. The Hall–Kier alpha value is -1.29. The van der Waals surface area contributed by atoms with Gasteiger partial charge in [0.15, 0.2) is 0 Å². The molecule has 0 saturated carbocycles. The summed E-state index contributed by atoms with van der Waals surface area (Å²) in [6.45, 7) is 5.27. The molecule has 0 aromatic carbocycles. The van der Waals surface area contributed by atoms with Crippen LogP contribution in [0.5, 0.6) is 0 Å². The Balaban J connectivity index is 2.37. The quantitative estimate of drug-likeness (QED) is 0.774. The number of esters is 1. The Morgan fingerprint density at radius 3 is 2.67 bits per heavy atom. The lowest BCUT2D eigenvalue weighted by atomic mass is 10.1. The molecule has 0 fully saturated rings. The van der Waals surface area contributed by atoms with Crippen molar-refractivity contribution in [1.82, 2.24) is 0 Å². The Bertz CT molecular complexity index is 333. The number of aliphatic hydroxyl groups is 1. The zero-order valence-electron chi connectivity index (χ0n) is 9.24. The van der Waals surface area contributed by atoms with Gasteiger partial charge in [0.1, 0.15) is 5.76 Å². The SMILES string of the molecule is Cc1ccc(C(=O)OCCC(C)(C)O)o1. The lowest BCUT2D eigenvalue weighted by molar-refractivity contribution is 0.0221. The van der Waals surface area contributed by atoms with Crippen LogP contribution in [0.1, 0.15) is 36.6 Å². The molecule has 0 radical (unpaired) electrons. The van der Waals surface area contributed by atoms with E-state index in [1.54, 1.807) is 32.9 Å². The summed E-state index contributed by atoms with van der Waals surface area (Å²) in [5.41, 5.74) is -0.820. The van der Waals surface area contributed by atoms with Crippen molar-refractivity contribution in [2.75, 3.05) is 6.61 Å². The van der Waals surface area contributed by atoms with Crippen LogP contribution in [-0.2, 0) is 4.74 Å². The highest BCUT2D eigenvalue weighted by atomic mass is 16.5. The number of rotatable bonds is 4. The van der Waals surface area contributed by atoms with Crippen LogP contribution in [0.4, 0.5) is 0 Å². The second-order valence-electron chi connectivity index (χ2n) is 4.11. The molecule has 0 amide bonds. The maximum Gasteiger partial charge on any atom is 0.374 e. The van der Waals surface area contributed by atoms with Gasteiger partial charge in [-0.25, -0.2) is 4.79 Å².